The van der Waals surface area contributed by atoms with Gasteiger partial charge in [-0.1, -0.05) is 6.07 Å². The van der Waals surface area contributed by atoms with Crippen molar-refractivity contribution in [2.45, 2.75) is 13.0 Å². The Bertz CT molecular complexity index is 743. The molecule has 1 heterocycles. The van der Waals surface area contributed by atoms with Crippen molar-refractivity contribution in [1.29, 1.82) is 0 Å². The van der Waals surface area contributed by atoms with Crippen molar-refractivity contribution >= 4 is 27.1 Å². The first-order valence-corrected chi connectivity index (χ1v) is 10.0. The minimum Gasteiger partial charge on any atom is -0.487 e. The van der Waals surface area contributed by atoms with Gasteiger partial charge < -0.3 is 10.1 Å². The summed E-state index contributed by atoms with van der Waals surface area (Å²) in [6.45, 7) is 0.665. The lowest BCUT2D eigenvalue weighted by molar-refractivity contribution is 0.0953. The van der Waals surface area contributed by atoms with Gasteiger partial charge in [0.1, 0.15) is 22.2 Å². The van der Waals surface area contributed by atoms with Gasteiger partial charge in [-0.2, -0.15) is 0 Å². The number of hydrogen-bond acceptors (Lipinski definition) is 6. The molecule has 0 fully saturated rings. The fraction of sp³-hybridized carbons (Fsp3) is 0.333. The van der Waals surface area contributed by atoms with E-state index in [4.69, 9.17) is 4.74 Å². The molecule has 1 amide bonds. The number of amides is 1. The van der Waals surface area contributed by atoms with E-state index in [2.05, 4.69) is 10.3 Å². The van der Waals surface area contributed by atoms with Crippen LogP contribution in [0.2, 0.25) is 0 Å². The molecule has 6 nitrogen and oxygen atoms in total. The van der Waals surface area contributed by atoms with Gasteiger partial charge in [0.15, 0.2) is 0 Å². The van der Waals surface area contributed by atoms with Crippen LogP contribution in [0.5, 0.6) is 5.75 Å². The molecular formula is C15H18N2O4S2. The maximum Gasteiger partial charge on any atom is 0.251 e. The van der Waals surface area contributed by atoms with E-state index in [1.54, 1.807) is 29.8 Å². The number of carbonyl (C=O) groups is 1. The molecule has 0 bridgehead atoms. The highest BCUT2D eigenvalue weighted by atomic mass is 32.2. The summed E-state index contributed by atoms with van der Waals surface area (Å²) >= 11 is 1.50. The Morgan fingerprint density at radius 2 is 2.22 bits per heavy atom. The minimum absolute atomic E-state index is 0.0596. The van der Waals surface area contributed by atoms with Crippen LogP contribution in [0.25, 0.3) is 0 Å². The van der Waals surface area contributed by atoms with Gasteiger partial charge in [0.05, 0.1) is 17.0 Å². The van der Waals surface area contributed by atoms with Crippen molar-refractivity contribution in [2.75, 3.05) is 18.6 Å². The van der Waals surface area contributed by atoms with E-state index < -0.39 is 9.84 Å². The Hall–Kier alpha value is -1.93. The molecule has 0 aliphatic rings. The second-order valence-electron chi connectivity index (χ2n) is 5.04. The summed E-state index contributed by atoms with van der Waals surface area (Å²) in [5, 5.41) is 4.60. The highest BCUT2D eigenvalue weighted by Crippen LogP contribution is 2.15. The molecule has 0 atom stereocenters. The zero-order valence-corrected chi connectivity index (χ0v) is 14.3. The van der Waals surface area contributed by atoms with Crippen LogP contribution in [0.4, 0.5) is 0 Å². The largest absolute Gasteiger partial charge is 0.487 e. The summed E-state index contributed by atoms with van der Waals surface area (Å²) < 4.78 is 27.6. The third-order valence-corrected chi connectivity index (χ3v) is 4.61. The Kier molecular flexibility index (Phi) is 6.12. The van der Waals surface area contributed by atoms with E-state index >= 15 is 0 Å². The van der Waals surface area contributed by atoms with E-state index in [1.807, 2.05) is 5.38 Å². The summed E-state index contributed by atoms with van der Waals surface area (Å²) in [5.41, 5.74) is 3.05. The Labute approximate surface area is 139 Å². The Morgan fingerprint density at radius 1 is 1.39 bits per heavy atom. The third-order valence-electron chi connectivity index (χ3n) is 2.94. The van der Waals surface area contributed by atoms with Gasteiger partial charge in [-0.25, -0.2) is 13.4 Å². The van der Waals surface area contributed by atoms with Crippen molar-refractivity contribution < 1.29 is 17.9 Å². The summed E-state index contributed by atoms with van der Waals surface area (Å²) in [6, 6.07) is 6.84. The van der Waals surface area contributed by atoms with Crippen LogP contribution in [-0.4, -0.2) is 37.9 Å². The number of benzene rings is 1. The number of ether oxygens (including phenoxy) is 1. The molecule has 0 saturated heterocycles. The van der Waals surface area contributed by atoms with Crippen LogP contribution in [0.15, 0.2) is 35.2 Å². The van der Waals surface area contributed by atoms with E-state index in [0.717, 1.165) is 5.69 Å². The second kappa shape index (κ2) is 8.07. The lowest BCUT2D eigenvalue weighted by Crippen LogP contribution is -2.25. The predicted octanol–water partition coefficient (Wildman–Crippen LogP) is 1.89. The van der Waals surface area contributed by atoms with Gasteiger partial charge in [-0.05, 0) is 24.6 Å². The van der Waals surface area contributed by atoms with Crippen LogP contribution in [0, 0.1) is 0 Å². The summed E-state index contributed by atoms with van der Waals surface area (Å²) in [5.74, 6) is 0.392. The number of carbonyl (C=O) groups excluding carboxylic acids is 1. The minimum atomic E-state index is -3.00. The maximum absolute atomic E-state index is 12.0. The fourth-order valence-electron chi connectivity index (χ4n) is 1.83. The average molecular weight is 354 g/mol. The molecule has 2 rings (SSSR count). The van der Waals surface area contributed by atoms with Gasteiger partial charge >= 0.3 is 0 Å². The topological polar surface area (TPSA) is 85.4 Å². The molecule has 2 aromatic rings. The number of rotatable bonds is 8. The molecule has 0 aliphatic carbocycles. The van der Waals surface area contributed by atoms with Gasteiger partial charge in [-0.15, -0.1) is 11.3 Å². The number of aromatic nitrogens is 1. The molecule has 1 aromatic carbocycles. The molecule has 0 radical (unpaired) electrons. The van der Waals surface area contributed by atoms with Crippen LogP contribution in [0.3, 0.4) is 0 Å². The zero-order valence-electron chi connectivity index (χ0n) is 12.7. The molecule has 1 N–H and O–H groups in total. The molecular weight excluding hydrogens is 336 g/mol. The van der Waals surface area contributed by atoms with Gasteiger partial charge in [0.25, 0.3) is 5.91 Å². The number of hydrogen-bond donors (Lipinski definition) is 1. The molecule has 0 unspecified atom stereocenters. The SMILES string of the molecule is CS(=O)(=O)CCCNC(=O)c1cccc(OCc2cscn2)c1. The first-order valence-electron chi connectivity index (χ1n) is 7.00. The first-order chi connectivity index (χ1) is 10.9. The molecule has 0 spiro atoms. The summed E-state index contributed by atoms with van der Waals surface area (Å²) in [7, 11) is -3.00. The second-order valence-corrected chi connectivity index (χ2v) is 8.01. The van der Waals surface area contributed by atoms with Crippen LogP contribution < -0.4 is 10.1 Å². The lowest BCUT2D eigenvalue weighted by Gasteiger charge is -2.08. The van der Waals surface area contributed by atoms with Gasteiger partial charge in [0.2, 0.25) is 0 Å². The molecule has 8 heteroatoms. The van der Waals surface area contributed by atoms with Crippen molar-refractivity contribution in [2.24, 2.45) is 0 Å². The summed E-state index contributed by atoms with van der Waals surface area (Å²) in [4.78, 5) is 16.2. The highest BCUT2D eigenvalue weighted by molar-refractivity contribution is 7.90. The van der Waals surface area contributed by atoms with E-state index in [9.17, 15) is 13.2 Å². The predicted molar refractivity (Wildman–Crippen MR) is 89.5 cm³/mol. The number of nitrogens with one attached hydrogen (secondary N) is 1. The lowest BCUT2D eigenvalue weighted by atomic mass is 10.2. The maximum atomic E-state index is 12.0. The molecule has 0 saturated carbocycles. The van der Waals surface area contributed by atoms with Crippen LogP contribution in [-0.2, 0) is 16.4 Å². The third kappa shape index (κ3) is 6.37. The monoisotopic (exact) mass is 354 g/mol. The molecule has 124 valence electrons. The Morgan fingerprint density at radius 3 is 2.91 bits per heavy atom. The van der Waals surface area contributed by atoms with Crippen molar-refractivity contribution in [3.8, 4) is 5.75 Å². The van der Waals surface area contributed by atoms with E-state index in [-0.39, 0.29) is 11.7 Å². The van der Waals surface area contributed by atoms with Crippen molar-refractivity contribution in [1.82, 2.24) is 10.3 Å². The van der Waals surface area contributed by atoms with Crippen LogP contribution >= 0.6 is 11.3 Å². The van der Waals surface area contributed by atoms with Crippen LogP contribution in [0.1, 0.15) is 22.5 Å². The quantitative estimate of drug-likeness (QED) is 0.732. The molecule has 1 aromatic heterocycles. The Balaban J connectivity index is 1.84. The smallest absolute Gasteiger partial charge is 0.251 e. The normalized spacial score (nSPS) is 11.2. The number of sulfone groups is 1. The fourth-order valence-corrected chi connectivity index (χ4v) is 3.04. The van der Waals surface area contributed by atoms with Crippen molar-refractivity contribution in [3.05, 3.63) is 46.4 Å². The average Bonchev–Trinajstić information content (AvgIpc) is 3.02. The standard InChI is InChI=1S/C15H18N2O4S2/c1-23(19,20)7-3-6-16-15(18)12-4-2-5-14(8-12)21-9-13-10-22-11-17-13/h2,4-5,8,10-11H,3,6-7,9H2,1H3,(H,16,18). The summed E-state index contributed by atoms with van der Waals surface area (Å²) in [6.07, 6.45) is 1.57. The molecule has 23 heavy (non-hydrogen) atoms. The number of nitrogens with zero attached hydrogens (tertiary/aromatic N) is 1. The first kappa shape index (κ1) is 17.4. The zero-order chi connectivity index (χ0) is 16.7. The van der Waals surface area contributed by atoms with E-state index in [0.29, 0.717) is 30.9 Å². The number of thiazole rings is 1. The molecule has 0 aliphatic heterocycles. The van der Waals surface area contributed by atoms with E-state index in [1.165, 1.54) is 17.6 Å². The van der Waals surface area contributed by atoms with Gasteiger partial charge in [0, 0.05) is 23.7 Å². The highest BCUT2D eigenvalue weighted by Gasteiger charge is 2.08. The van der Waals surface area contributed by atoms with Crippen molar-refractivity contribution in [3.63, 3.8) is 0 Å². The van der Waals surface area contributed by atoms with Gasteiger partial charge in [-0.3, -0.25) is 4.79 Å².